The van der Waals surface area contributed by atoms with E-state index < -0.39 is 18.4 Å². The summed E-state index contributed by atoms with van der Waals surface area (Å²) < 4.78 is 0. The largest absolute Gasteiger partial charge is 0.505 e. The lowest BCUT2D eigenvalue weighted by atomic mass is 10.0. The monoisotopic (exact) mass is 322 g/mol. The maximum absolute atomic E-state index is 11.9. The van der Waals surface area contributed by atoms with Gasteiger partial charge in [-0.15, -0.1) is 0 Å². The van der Waals surface area contributed by atoms with Crippen molar-refractivity contribution < 1.29 is 19.8 Å². The van der Waals surface area contributed by atoms with Crippen molar-refractivity contribution in [3.8, 4) is 16.9 Å². The molecule has 3 N–H and O–H groups in total. The van der Waals surface area contributed by atoms with Crippen molar-refractivity contribution in [2.75, 3.05) is 6.54 Å². The molecule has 0 atom stereocenters. The predicted octanol–water partition coefficient (Wildman–Crippen LogP) is 2.42. The SMILES string of the molecule is O=C(O)CNC(=O)c1nc2ccc(-c3ccccc3)cc2cc1O. The van der Waals surface area contributed by atoms with Crippen molar-refractivity contribution in [3.63, 3.8) is 0 Å². The predicted molar refractivity (Wildman–Crippen MR) is 88.8 cm³/mol. The number of aliphatic carboxylic acids is 1. The maximum Gasteiger partial charge on any atom is 0.322 e. The van der Waals surface area contributed by atoms with Crippen molar-refractivity contribution in [1.82, 2.24) is 10.3 Å². The smallest absolute Gasteiger partial charge is 0.322 e. The van der Waals surface area contributed by atoms with E-state index in [4.69, 9.17) is 5.11 Å². The average Bonchev–Trinajstić information content (AvgIpc) is 2.59. The Bertz CT molecular complexity index is 923. The van der Waals surface area contributed by atoms with Gasteiger partial charge in [-0.3, -0.25) is 9.59 Å². The van der Waals surface area contributed by atoms with Gasteiger partial charge >= 0.3 is 5.97 Å². The van der Waals surface area contributed by atoms with Gasteiger partial charge in [0.25, 0.3) is 5.91 Å². The Hall–Kier alpha value is -3.41. The van der Waals surface area contributed by atoms with E-state index in [1.807, 2.05) is 42.5 Å². The van der Waals surface area contributed by atoms with Crippen molar-refractivity contribution in [2.24, 2.45) is 0 Å². The van der Waals surface area contributed by atoms with Crippen molar-refractivity contribution in [3.05, 3.63) is 60.3 Å². The van der Waals surface area contributed by atoms with Crippen LogP contribution in [0.3, 0.4) is 0 Å². The third-order valence-corrected chi connectivity index (χ3v) is 3.52. The molecular weight excluding hydrogens is 308 g/mol. The lowest BCUT2D eigenvalue weighted by Crippen LogP contribution is -2.29. The van der Waals surface area contributed by atoms with Gasteiger partial charge in [0.15, 0.2) is 5.69 Å². The Labute approximate surface area is 137 Å². The molecule has 1 amide bonds. The van der Waals surface area contributed by atoms with Gasteiger partial charge in [0.05, 0.1) is 5.52 Å². The van der Waals surface area contributed by atoms with Gasteiger partial charge < -0.3 is 15.5 Å². The quantitative estimate of drug-likeness (QED) is 0.685. The van der Waals surface area contributed by atoms with E-state index in [1.165, 1.54) is 6.07 Å². The minimum atomic E-state index is -1.17. The number of nitrogens with zero attached hydrogens (tertiary/aromatic N) is 1. The second-order valence-corrected chi connectivity index (χ2v) is 5.21. The van der Waals surface area contributed by atoms with Crippen LogP contribution in [0.15, 0.2) is 54.6 Å². The van der Waals surface area contributed by atoms with Gasteiger partial charge in [-0.2, -0.15) is 0 Å². The Morgan fingerprint density at radius 3 is 2.46 bits per heavy atom. The normalized spacial score (nSPS) is 10.5. The van der Waals surface area contributed by atoms with Crippen molar-refractivity contribution in [1.29, 1.82) is 0 Å². The summed E-state index contributed by atoms with van der Waals surface area (Å²) in [7, 11) is 0. The Balaban J connectivity index is 1.97. The second-order valence-electron chi connectivity index (χ2n) is 5.21. The zero-order valence-electron chi connectivity index (χ0n) is 12.6. The number of hydrogen-bond acceptors (Lipinski definition) is 4. The van der Waals surface area contributed by atoms with Crippen LogP contribution in [0.1, 0.15) is 10.5 Å². The summed E-state index contributed by atoms with van der Waals surface area (Å²) in [6.07, 6.45) is 0. The Morgan fingerprint density at radius 2 is 1.75 bits per heavy atom. The summed E-state index contributed by atoms with van der Waals surface area (Å²) in [5.74, 6) is -2.20. The molecule has 0 aliphatic rings. The highest BCUT2D eigenvalue weighted by Gasteiger charge is 2.15. The molecule has 1 heterocycles. The highest BCUT2D eigenvalue weighted by molar-refractivity contribution is 5.99. The minimum absolute atomic E-state index is 0.198. The molecule has 3 rings (SSSR count). The van der Waals surface area contributed by atoms with E-state index in [9.17, 15) is 14.7 Å². The zero-order chi connectivity index (χ0) is 17.1. The van der Waals surface area contributed by atoms with Crippen LogP contribution in [0.5, 0.6) is 5.75 Å². The molecule has 0 bridgehead atoms. The first-order valence-corrected chi connectivity index (χ1v) is 7.24. The van der Waals surface area contributed by atoms with Crippen LogP contribution in [0.25, 0.3) is 22.0 Å². The molecule has 0 saturated heterocycles. The van der Waals surface area contributed by atoms with Crippen LogP contribution in [0.4, 0.5) is 0 Å². The van der Waals surface area contributed by atoms with E-state index in [-0.39, 0.29) is 11.4 Å². The Morgan fingerprint density at radius 1 is 1.00 bits per heavy atom. The zero-order valence-corrected chi connectivity index (χ0v) is 12.6. The van der Waals surface area contributed by atoms with Crippen LogP contribution in [0, 0.1) is 0 Å². The molecule has 6 nitrogen and oxygen atoms in total. The van der Waals surface area contributed by atoms with Crippen LogP contribution < -0.4 is 5.32 Å². The number of rotatable bonds is 4. The number of carbonyl (C=O) groups is 2. The number of fused-ring (bicyclic) bond motifs is 1. The van der Waals surface area contributed by atoms with E-state index in [0.29, 0.717) is 10.9 Å². The number of pyridine rings is 1. The Kier molecular flexibility index (Phi) is 4.11. The summed E-state index contributed by atoms with van der Waals surface area (Å²) in [6.45, 7) is -0.537. The summed E-state index contributed by atoms with van der Waals surface area (Å²) in [4.78, 5) is 26.5. The van der Waals surface area contributed by atoms with E-state index in [2.05, 4.69) is 10.3 Å². The molecule has 24 heavy (non-hydrogen) atoms. The van der Waals surface area contributed by atoms with E-state index in [0.717, 1.165) is 11.1 Å². The van der Waals surface area contributed by atoms with Gasteiger partial charge in [-0.05, 0) is 29.3 Å². The number of nitrogens with one attached hydrogen (secondary N) is 1. The van der Waals surface area contributed by atoms with Gasteiger partial charge in [0, 0.05) is 5.39 Å². The molecule has 6 heteroatoms. The maximum atomic E-state index is 11.9. The van der Waals surface area contributed by atoms with Gasteiger partial charge in [-0.1, -0.05) is 36.4 Å². The number of benzene rings is 2. The van der Waals surface area contributed by atoms with Crippen molar-refractivity contribution in [2.45, 2.75) is 0 Å². The summed E-state index contributed by atoms with van der Waals surface area (Å²) >= 11 is 0. The summed E-state index contributed by atoms with van der Waals surface area (Å²) in [5, 5.41) is 21.5. The average molecular weight is 322 g/mol. The molecule has 0 aliphatic heterocycles. The lowest BCUT2D eigenvalue weighted by Gasteiger charge is -2.08. The van der Waals surface area contributed by atoms with Crippen LogP contribution in [-0.2, 0) is 4.79 Å². The second kappa shape index (κ2) is 6.37. The molecule has 0 fully saturated rings. The number of aromatic nitrogens is 1. The molecule has 0 spiro atoms. The standard InChI is InChI=1S/C18H14N2O4/c21-15-9-13-8-12(11-4-2-1-3-5-11)6-7-14(13)20-17(15)18(24)19-10-16(22)23/h1-9,21H,10H2,(H,19,24)(H,22,23). The summed E-state index contributed by atoms with van der Waals surface area (Å²) in [5.41, 5.74) is 2.33. The third-order valence-electron chi connectivity index (χ3n) is 3.52. The number of carbonyl (C=O) groups excluding carboxylic acids is 1. The van der Waals surface area contributed by atoms with Gasteiger partial charge in [-0.25, -0.2) is 4.98 Å². The van der Waals surface area contributed by atoms with Crippen LogP contribution >= 0.6 is 0 Å². The number of aromatic hydroxyl groups is 1. The van der Waals surface area contributed by atoms with Crippen LogP contribution in [-0.4, -0.2) is 33.6 Å². The molecule has 0 unspecified atom stereocenters. The van der Waals surface area contributed by atoms with Gasteiger partial charge in [0.1, 0.15) is 12.3 Å². The molecule has 1 aromatic heterocycles. The highest BCUT2D eigenvalue weighted by Crippen LogP contribution is 2.27. The fourth-order valence-electron chi connectivity index (χ4n) is 2.38. The van der Waals surface area contributed by atoms with Crippen LogP contribution in [0.2, 0.25) is 0 Å². The first kappa shape index (κ1) is 15.5. The topological polar surface area (TPSA) is 99.5 Å². The fourth-order valence-corrected chi connectivity index (χ4v) is 2.38. The first-order valence-electron chi connectivity index (χ1n) is 7.24. The van der Waals surface area contributed by atoms with Crippen molar-refractivity contribution >= 4 is 22.8 Å². The molecule has 120 valence electrons. The first-order chi connectivity index (χ1) is 11.5. The number of amides is 1. The fraction of sp³-hybridized carbons (Fsp3) is 0.0556. The third kappa shape index (κ3) is 3.17. The minimum Gasteiger partial charge on any atom is -0.505 e. The molecular formula is C18H14N2O4. The summed E-state index contributed by atoms with van der Waals surface area (Å²) in [6, 6.07) is 16.7. The number of carboxylic acids is 1. The molecule has 2 aromatic carbocycles. The van der Waals surface area contributed by atoms with E-state index in [1.54, 1.807) is 6.07 Å². The number of hydrogen-bond donors (Lipinski definition) is 3. The highest BCUT2D eigenvalue weighted by atomic mass is 16.4. The molecule has 0 aliphatic carbocycles. The number of carboxylic acid groups (broad SMARTS) is 1. The lowest BCUT2D eigenvalue weighted by molar-refractivity contribution is -0.135. The molecule has 0 radical (unpaired) electrons. The van der Waals surface area contributed by atoms with E-state index >= 15 is 0 Å². The molecule has 3 aromatic rings. The van der Waals surface area contributed by atoms with Gasteiger partial charge in [0.2, 0.25) is 0 Å². The molecule has 0 saturated carbocycles.